The lowest BCUT2D eigenvalue weighted by molar-refractivity contribution is -0.114. The van der Waals surface area contributed by atoms with Crippen molar-refractivity contribution in [3.05, 3.63) is 41.0 Å². The van der Waals surface area contributed by atoms with Gasteiger partial charge in [0.15, 0.2) is 5.82 Å². The van der Waals surface area contributed by atoms with E-state index in [-0.39, 0.29) is 5.91 Å². The van der Waals surface area contributed by atoms with Crippen LogP contribution in [0.25, 0.3) is 0 Å². The molecule has 0 fully saturated rings. The fraction of sp³-hybridized carbons (Fsp3) is 0.182. The quantitative estimate of drug-likeness (QED) is 0.906. The van der Waals surface area contributed by atoms with Crippen LogP contribution in [-0.4, -0.2) is 20.9 Å². The number of hydrogen-bond acceptors (Lipinski definition) is 3. The molecule has 0 atom stereocenters. The molecule has 0 bridgehead atoms. The van der Waals surface area contributed by atoms with E-state index in [0.29, 0.717) is 17.4 Å². The summed E-state index contributed by atoms with van der Waals surface area (Å²) in [7, 11) is 0. The number of amides is 1. The Morgan fingerprint density at radius 2 is 2.24 bits per heavy atom. The first kappa shape index (κ1) is 11.6. The minimum Gasteiger partial charge on any atom is -0.310 e. The van der Waals surface area contributed by atoms with E-state index in [1.54, 1.807) is 4.68 Å². The van der Waals surface area contributed by atoms with Gasteiger partial charge in [-0.15, -0.1) is 5.10 Å². The van der Waals surface area contributed by atoms with Crippen LogP contribution in [-0.2, 0) is 11.3 Å². The number of hydrogen-bond donors (Lipinski definition) is 1. The SMILES string of the molecule is CC(=O)Nc1cnnn1Cc1ccccc1Cl. The number of aromatic nitrogens is 3. The molecule has 0 aliphatic carbocycles. The van der Waals surface area contributed by atoms with Gasteiger partial charge in [-0.3, -0.25) is 4.79 Å². The normalized spacial score (nSPS) is 10.2. The van der Waals surface area contributed by atoms with Crippen LogP contribution in [0.1, 0.15) is 12.5 Å². The van der Waals surface area contributed by atoms with Crippen molar-refractivity contribution in [3.63, 3.8) is 0 Å². The maximum atomic E-state index is 11.0. The zero-order chi connectivity index (χ0) is 12.3. The summed E-state index contributed by atoms with van der Waals surface area (Å²) in [6.45, 7) is 1.90. The Morgan fingerprint density at radius 3 is 2.94 bits per heavy atom. The van der Waals surface area contributed by atoms with Crippen molar-refractivity contribution in [2.24, 2.45) is 0 Å². The summed E-state index contributed by atoms with van der Waals surface area (Å²) in [6, 6.07) is 7.48. The highest BCUT2D eigenvalue weighted by Crippen LogP contribution is 2.17. The summed E-state index contributed by atoms with van der Waals surface area (Å²) in [5.41, 5.74) is 0.922. The van der Waals surface area contributed by atoms with Crippen molar-refractivity contribution in [3.8, 4) is 0 Å². The van der Waals surface area contributed by atoms with Crippen molar-refractivity contribution in [2.45, 2.75) is 13.5 Å². The van der Waals surface area contributed by atoms with Gasteiger partial charge in [0.05, 0.1) is 12.7 Å². The topological polar surface area (TPSA) is 59.8 Å². The number of halogens is 1. The first-order valence-electron chi connectivity index (χ1n) is 5.06. The number of benzene rings is 1. The van der Waals surface area contributed by atoms with Crippen LogP contribution < -0.4 is 5.32 Å². The van der Waals surface area contributed by atoms with Crippen LogP contribution in [0.2, 0.25) is 5.02 Å². The molecule has 1 amide bonds. The maximum absolute atomic E-state index is 11.0. The van der Waals surface area contributed by atoms with Gasteiger partial charge >= 0.3 is 0 Å². The molecule has 0 saturated heterocycles. The molecule has 0 saturated carbocycles. The Labute approximate surface area is 103 Å². The summed E-state index contributed by atoms with van der Waals surface area (Å²) >= 11 is 6.05. The third kappa shape index (κ3) is 2.82. The zero-order valence-corrected chi connectivity index (χ0v) is 9.98. The van der Waals surface area contributed by atoms with Gasteiger partial charge in [0.25, 0.3) is 0 Å². The number of carbonyl (C=O) groups excluding carboxylic acids is 1. The summed E-state index contributed by atoms with van der Waals surface area (Å²) in [6.07, 6.45) is 1.50. The molecule has 1 aromatic carbocycles. The van der Waals surface area contributed by atoms with Crippen LogP contribution in [0.3, 0.4) is 0 Å². The van der Waals surface area contributed by atoms with Crippen molar-refractivity contribution < 1.29 is 4.79 Å². The van der Waals surface area contributed by atoms with Crippen molar-refractivity contribution in [1.29, 1.82) is 0 Å². The Balaban J connectivity index is 2.22. The lowest BCUT2D eigenvalue weighted by Crippen LogP contribution is -2.12. The number of anilines is 1. The van der Waals surface area contributed by atoms with E-state index >= 15 is 0 Å². The highest BCUT2D eigenvalue weighted by molar-refractivity contribution is 6.31. The van der Waals surface area contributed by atoms with Gasteiger partial charge in [-0.05, 0) is 11.6 Å². The molecule has 6 heteroatoms. The second-order valence-corrected chi connectivity index (χ2v) is 3.96. The number of carbonyl (C=O) groups is 1. The predicted octanol–water partition coefficient (Wildman–Crippen LogP) is 1.94. The van der Waals surface area contributed by atoms with Crippen molar-refractivity contribution in [1.82, 2.24) is 15.0 Å². The lowest BCUT2D eigenvalue weighted by Gasteiger charge is -2.07. The molecule has 0 spiro atoms. The van der Waals surface area contributed by atoms with Crippen molar-refractivity contribution in [2.75, 3.05) is 5.32 Å². The first-order chi connectivity index (χ1) is 8.16. The van der Waals surface area contributed by atoms with Crippen LogP contribution >= 0.6 is 11.6 Å². The van der Waals surface area contributed by atoms with Gasteiger partial charge in [-0.1, -0.05) is 35.0 Å². The fourth-order valence-electron chi connectivity index (χ4n) is 1.44. The van der Waals surface area contributed by atoms with Gasteiger partial charge < -0.3 is 5.32 Å². The maximum Gasteiger partial charge on any atom is 0.222 e. The third-order valence-corrected chi connectivity index (χ3v) is 2.57. The molecule has 0 radical (unpaired) electrons. The highest BCUT2D eigenvalue weighted by Gasteiger charge is 2.07. The van der Waals surface area contributed by atoms with E-state index in [0.717, 1.165) is 5.56 Å². The largest absolute Gasteiger partial charge is 0.310 e. The Kier molecular flexibility index (Phi) is 3.39. The zero-order valence-electron chi connectivity index (χ0n) is 9.22. The van der Waals surface area contributed by atoms with E-state index in [1.807, 2.05) is 24.3 Å². The molecular formula is C11H11ClN4O. The molecule has 0 aliphatic heterocycles. The van der Waals surface area contributed by atoms with Crippen LogP contribution in [0.15, 0.2) is 30.5 Å². The third-order valence-electron chi connectivity index (χ3n) is 2.20. The molecule has 2 aromatic rings. The summed E-state index contributed by atoms with van der Waals surface area (Å²) in [5, 5.41) is 11.0. The van der Waals surface area contributed by atoms with Gasteiger partial charge in [0, 0.05) is 11.9 Å². The lowest BCUT2D eigenvalue weighted by atomic mass is 10.2. The number of nitrogens with one attached hydrogen (secondary N) is 1. The molecule has 1 N–H and O–H groups in total. The molecule has 5 nitrogen and oxygen atoms in total. The average Bonchev–Trinajstić information content (AvgIpc) is 2.68. The highest BCUT2D eigenvalue weighted by atomic mass is 35.5. The van der Waals surface area contributed by atoms with E-state index < -0.39 is 0 Å². The first-order valence-corrected chi connectivity index (χ1v) is 5.44. The smallest absolute Gasteiger partial charge is 0.222 e. The summed E-state index contributed by atoms with van der Waals surface area (Å²) in [4.78, 5) is 11.0. The van der Waals surface area contributed by atoms with Gasteiger partial charge in [0.2, 0.25) is 5.91 Å². The van der Waals surface area contributed by atoms with Crippen LogP contribution in [0.4, 0.5) is 5.82 Å². The fourth-order valence-corrected chi connectivity index (χ4v) is 1.64. The second kappa shape index (κ2) is 4.97. The molecule has 0 aliphatic rings. The minimum absolute atomic E-state index is 0.160. The molecule has 1 aromatic heterocycles. The molecule has 0 unspecified atom stereocenters. The Hall–Kier alpha value is -1.88. The van der Waals surface area contributed by atoms with E-state index in [4.69, 9.17) is 11.6 Å². The molecule has 17 heavy (non-hydrogen) atoms. The van der Waals surface area contributed by atoms with E-state index in [2.05, 4.69) is 15.6 Å². The number of rotatable bonds is 3. The average molecular weight is 251 g/mol. The molecule has 88 valence electrons. The number of nitrogens with zero attached hydrogens (tertiary/aromatic N) is 3. The standard InChI is InChI=1S/C11H11ClN4O/c1-8(17)14-11-6-13-15-16(11)7-9-4-2-3-5-10(9)12/h2-6H,7H2,1H3,(H,14,17). The molecular weight excluding hydrogens is 240 g/mol. The minimum atomic E-state index is -0.160. The second-order valence-electron chi connectivity index (χ2n) is 3.55. The molecule has 2 rings (SSSR count). The molecule has 1 heterocycles. The van der Waals surface area contributed by atoms with Gasteiger partial charge in [-0.25, -0.2) is 4.68 Å². The van der Waals surface area contributed by atoms with Crippen LogP contribution in [0.5, 0.6) is 0 Å². The van der Waals surface area contributed by atoms with Gasteiger partial charge in [-0.2, -0.15) is 0 Å². The Morgan fingerprint density at radius 1 is 1.47 bits per heavy atom. The van der Waals surface area contributed by atoms with Crippen molar-refractivity contribution >= 4 is 23.3 Å². The van der Waals surface area contributed by atoms with E-state index in [1.165, 1.54) is 13.1 Å². The summed E-state index contributed by atoms with van der Waals surface area (Å²) in [5.74, 6) is 0.394. The van der Waals surface area contributed by atoms with E-state index in [9.17, 15) is 4.79 Å². The van der Waals surface area contributed by atoms with Gasteiger partial charge in [0.1, 0.15) is 0 Å². The predicted molar refractivity (Wildman–Crippen MR) is 64.9 cm³/mol. The monoisotopic (exact) mass is 250 g/mol. The summed E-state index contributed by atoms with van der Waals surface area (Å²) < 4.78 is 1.59. The Bertz CT molecular complexity index is 538. The van der Waals surface area contributed by atoms with Crippen LogP contribution in [0, 0.1) is 0 Å².